The lowest BCUT2D eigenvalue weighted by Crippen LogP contribution is -2.62. The number of epoxide rings is 1. The van der Waals surface area contributed by atoms with Gasteiger partial charge in [-0.05, 0) is 56.9 Å². The molecule has 1 N–H and O–H groups in total. The van der Waals surface area contributed by atoms with E-state index in [-0.39, 0.29) is 30.5 Å². The van der Waals surface area contributed by atoms with Crippen LogP contribution in [0.15, 0.2) is 35.5 Å². The van der Waals surface area contributed by atoms with Crippen LogP contribution in [-0.4, -0.2) is 71.0 Å². The van der Waals surface area contributed by atoms with Crippen LogP contribution in [-0.2, 0) is 33.3 Å². The van der Waals surface area contributed by atoms with Crippen molar-refractivity contribution in [1.29, 1.82) is 0 Å². The lowest BCUT2D eigenvalue weighted by molar-refractivity contribution is -0.335. The fourth-order valence-electron chi connectivity index (χ4n) is 7.80. The van der Waals surface area contributed by atoms with E-state index in [2.05, 4.69) is 39.8 Å². The third-order valence-corrected chi connectivity index (χ3v) is 10.2. The molecule has 0 amide bonds. The van der Waals surface area contributed by atoms with Crippen molar-refractivity contribution in [3.05, 3.63) is 35.5 Å². The summed E-state index contributed by atoms with van der Waals surface area (Å²) in [5.74, 6) is -2.09. The van der Waals surface area contributed by atoms with Crippen molar-refractivity contribution < 1.29 is 38.4 Å². The van der Waals surface area contributed by atoms with E-state index in [9.17, 15) is 14.7 Å². The average Bonchev–Trinajstić information content (AvgIpc) is 3.55. The van der Waals surface area contributed by atoms with E-state index < -0.39 is 47.2 Å². The molecule has 4 saturated heterocycles. The van der Waals surface area contributed by atoms with Crippen molar-refractivity contribution in [2.75, 3.05) is 6.61 Å². The number of ether oxygens (including phenoxy) is 5. The van der Waals surface area contributed by atoms with Gasteiger partial charge in [-0.25, -0.2) is 0 Å². The highest BCUT2D eigenvalue weighted by Gasteiger charge is 2.80. The van der Waals surface area contributed by atoms with Crippen LogP contribution in [0.5, 0.6) is 0 Å². The van der Waals surface area contributed by atoms with Crippen LogP contribution in [0.4, 0.5) is 0 Å². The molecule has 11 atom stereocenters. The summed E-state index contributed by atoms with van der Waals surface area (Å²) in [7, 11) is 0. The molecule has 220 valence electrons. The van der Waals surface area contributed by atoms with Gasteiger partial charge in [-0.1, -0.05) is 50.6 Å². The minimum atomic E-state index is -1.85. The molecule has 0 unspecified atom stereocenters. The van der Waals surface area contributed by atoms with Gasteiger partial charge in [-0.15, -0.1) is 0 Å². The maximum absolute atomic E-state index is 14.0. The Morgan fingerprint density at radius 1 is 1.07 bits per heavy atom. The highest BCUT2D eigenvalue weighted by molar-refractivity contribution is 6.03. The van der Waals surface area contributed by atoms with Crippen LogP contribution in [0.25, 0.3) is 0 Å². The predicted octanol–water partition coefficient (Wildman–Crippen LogP) is 4.34. The summed E-state index contributed by atoms with van der Waals surface area (Å²) in [6.07, 6.45) is 10.9. The molecular formula is C32H44O8. The molecule has 6 rings (SSSR count). The maximum Gasteiger partial charge on any atom is 0.316 e. The van der Waals surface area contributed by atoms with Crippen molar-refractivity contribution in [2.24, 2.45) is 17.8 Å². The number of rotatable bonds is 1. The first-order chi connectivity index (χ1) is 19.0. The Labute approximate surface area is 237 Å². The molecule has 0 saturated carbocycles. The zero-order valence-electron chi connectivity index (χ0n) is 24.4. The average molecular weight is 557 g/mol. The van der Waals surface area contributed by atoms with Crippen molar-refractivity contribution >= 4 is 11.8 Å². The Bertz CT molecular complexity index is 1140. The van der Waals surface area contributed by atoms with E-state index in [1.165, 1.54) is 5.57 Å². The number of fused-ring (bicyclic) bond motifs is 2. The number of carbonyl (C=O) groups excluding carboxylic acids is 2. The van der Waals surface area contributed by atoms with Crippen LogP contribution in [0, 0.1) is 17.8 Å². The first kappa shape index (κ1) is 28.3. The van der Waals surface area contributed by atoms with Crippen molar-refractivity contribution in [1.82, 2.24) is 0 Å². The van der Waals surface area contributed by atoms with E-state index in [0.29, 0.717) is 30.8 Å². The Balaban J connectivity index is 1.36. The quantitative estimate of drug-likeness (QED) is 0.289. The molecule has 4 fully saturated rings. The summed E-state index contributed by atoms with van der Waals surface area (Å²) in [6, 6.07) is 0. The maximum atomic E-state index is 14.0. The van der Waals surface area contributed by atoms with E-state index >= 15 is 0 Å². The van der Waals surface area contributed by atoms with E-state index in [0.717, 1.165) is 25.7 Å². The number of carbonyl (C=O) groups is 2. The van der Waals surface area contributed by atoms with E-state index in [1.807, 2.05) is 6.08 Å². The molecule has 5 heterocycles. The molecule has 0 aromatic rings. The van der Waals surface area contributed by atoms with Gasteiger partial charge in [-0.3, -0.25) is 9.59 Å². The second-order valence-corrected chi connectivity index (χ2v) is 13.2. The van der Waals surface area contributed by atoms with Gasteiger partial charge in [-0.2, -0.15) is 0 Å². The summed E-state index contributed by atoms with van der Waals surface area (Å²) in [4.78, 5) is 27.1. The SMILES string of the molecule is CC[C@H]1O[C@]2(CC[C@@H]1C)C[C@@H]1C[C@@H](C/C=C(\C)C[C@@H](C)/C=C/[C@@H]3O[C@]34CO[C@@H]3C(=O)C(C)=C[C@@H](C(=O)O1)[C@@]34O)O2. The zero-order chi connectivity index (χ0) is 28.4. The highest BCUT2D eigenvalue weighted by atomic mass is 16.7. The summed E-state index contributed by atoms with van der Waals surface area (Å²) in [5.41, 5.74) is -1.36. The fourth-order valence-corrected chi connectivity index (χ4v) is 7.80. The van der Waals surface area contributed by atoms with Crippen LogP contribution in [0.3, 0.4) is 0 Å². The zero-order valence-corrected chi connectivity index (χ0v) is 24.4. The van der Waals surface area contributed by atoms with Gasteiger partial charge in [0.2, 0.25) is 0 Å². The number of hydrogen-bond acceptors (Lipinski definition) is 8. The van der Waals surface area contributed by atoms with Gasteiger partial charge in [0.25, 0.3) is 0 Å². The van der Waals surface area contributed by atoms with Crippen LogP contribution < -0.4 is 0 Å². The van der Waals surface area contributed by atoms with Gasteiger partial charge in [0.1, 0.15) is 23.7 Å². The largest absolute Gasteiger partial charge is 0.462 e. The van der Waals surface area contributed by atoms with Crippen molar-refractivity contribution in [2.45, 2.75) is 127 Å². The first-order valence-electron chi connectivity index (χ1n) is 15.1. The molecule has 2 spiro atoms. The molecule has 5 aliphatic heterocycles. The molecule has 1 aliphatic carbocycles. The summed E-state index contributed by atoms with van der Waals surface area (Å²) < 4.78 is 31.5. The smallest absolute Gasteiger partial charge is 0.316 e. The van der Waals surface area contributed by atoms with E-state index in [4.69, 9.17) is 23.7 Å². The van der Waals surface area contributed by atoms with Crippen LogP contribution in [0.2, 0.25) is 0 Å². The molecule has 8 nitrogen and oxygen atoms in total. The summed E-state index contributed by atoms with van der Waals surface area (Å²) in [5, 5.41) is 12.2. The second kappa shape index (κ2) is 10.2. The van der Waals surface area contributed by atoms with Gasteiger partial charge in [0.05, 0.1) is 18.8 Å². The van der Waals surface area contributed by atoms with Crippen molar-refractivity contribution in [3.8, 4) is 0 Å². The predicted molar refractivity (Wildman–Crippen MR) is 146 cm³/mol. The Hall–Kier alpha value is -1.84. The van der Waals surface area contributed by atoms with Crippen molar-refractivity contribution in [3.63, 3.8) is 0 Å². The number of aliphatic hydroxyl groups is 1. The Morgan fingerprint density at radius 3 is 2.65 bits per heavy atom. The topological polar surface area (TPSA) is 104 Å². The lowest BCUT2D eigenvalue weighted by atomic mass is 9.67. The molecule has 6 aliphatic rings. The molecule has 0 aromatic heterocycles. The second-order valence-electron chi connectivity index (χ2n) is 13.2. The Morgan fingerprint density at radius 2 is 1.88 bits per heavy atom. The third-order valence-electron chi connectivity index (χ3n) is 10.2. The minimum Gasteiger partial charge on any atom is -0.462 e. The molecule has 0 aromatic carbocycles. The highest BCUT2D eigenvalue weighted by Crippen LogP contribution is 2.58. The normalized spacial score (nSPS) is 51.1. The van der Waals surface area contributed by atoms with Gasteiger partial charge < -0.3 is 28.8 Å². The standard InChI is InChI=1S/C32H44O8/c1-6-25-20(4)11-12-30(39-25)16-23-15-22(38-30)9-7-18(2)13-19(3)8-10-26-31(40-26)17-36-28-27(33)21(5)14-24(29(34)37-23)32(28,31)35/h7-8,10,14,19-20,22-26,28,35H,6,9,11-13,15-17H2,1-5H3/b10-8+,18-7+/t19-,20-,22+,23-,24-,25+,26-,28+,30+,31+,32+/m0/s1. The molecule has 8 heteroatoms. The monoisotopic (exact) mass is 556 g/mol. The summed E-state index contributed by atoms with van der Waals surface area (Å²) in [6.45, 7) is 10.3. The van der Waals surface area contributed by atoms with Crippen LogP contribution >= 0.6 is 0 Å². The summed E-state index contributed by atoms with van der Waals surface area (Å²) >= 11 is 0. The number of allylic oxidation sites excluding steroid dienone is 2. The number of ketones is 1. The van der Waals surface area contributed by atoms with Gasteiger partial charge in [0.15, 0.2) is 23.3 Å². The molecule has 0 radical (unpaired) electrons. The molecule has 2 bridgehead atoms. The number of esters is 1. The van der Waals surface area contributed by atoms with Gasteiger partial charge >= 0.3 is 5.97 Å². The van der Waals surface area contributed by atoms with E-state index in [1.54, 1.807) is 13.0 Å². The van der Waals surface area contributed by atoms with Gasteiger partial charge in [0, 0.05) is 19.3 Å². The third kappa shape index (κ3) is 4.55. The number of hydrogen-bond donors (Lipinski definition) is 1. The molecule has 40 heavy (non-hydrogen) atoms. The fraction of sp³-hybridized carbons (Fsp3) is 0.750. The molecular weight excluding hydrogens is 512 g/mol. The number of Topliss-reactive ketones (excluding diaryl/α,β-unsaturated/α-hetero) is 1. The Kier molecular flexibility index (Phi) is 7.18. The minimum absolute atomic E-state index is 0.0417. The lowest BCUT2D eigenvalue weighted by Gasteiger charge is -2.49. The van der Waals surface area contributed by atoms with Crippen LogP contribution in [0.1, 0.15) is 79.6 Å². The first-order valence-corrected chi connectivity index (χ1v) is 15.1.